The summed E-state index contributed by atoms with van der Waals surface area (Å²) < 4.78 is 39.6. The van der Waals surface area contributed by atoms with Crippen LogP contribution in [0.4, 0.5) is 14.5 Å². The molecule has 0 bridgehead atoms. The van der Waals surface area contributed by atoms with Crippen LogP contribution in [0, 0.1) is 11.2 Å². The predicted octanol–water partition coefficient (Wildman–Crippen LogP) is 4.67. The standard InChI is InChI=1S/C25H24F2N4O3/c26-16-34-23-15-31(22-7-6-18(14-20(22)27)17-9-12-33-13-10-17)30-24(25(23)32)21(8-11-28)29-19-4-2-1-3-5-19/h1-8,11,14-15,17,28-29H,9-10,12-13,16H2/b21-8-,28-11?. The van der Waals surface area contributed by atoms with Crippen molar-refractivity contribution >= 4 is 17.6 Å². The van der Waals surface area contributed by atoms with Gasteiger partial charge < -0.3 is 20.2 Å². The van der Waals surface area contributed by atoms with Gasteiger partial charge in [0.15, 0.2) is 11.4 Å². The van der Waals surface area contributed by atoms with Gasteiger partial charge in [0.25, 0.3) is 5.43 Å². The molecule has 2 N–H and O–H groups in total. The summed E-state index contributed by atoms with van der Waals surface area (Å²) in [6.45, 7) is 0.0396. The number of allylic oxidation sites excluding steroid dienone is 1. The second-order valence-electron chi connectivity index (χ2n) is 7.70. The lowest BCUT2D eigenvalue weighted by Gasteiger charge is -2.23. The zero-order valence-electron chi connectivity index (χ0n) is 18.3. The van der Waals surface area contributed by atoms with Crippen molar-refractivity contribution in [1.82, 2.24) is 9.78 Å². The molecule has 0 radical (unpaired) electrons. The number of nitrogens with one attached hydrogen (secondary N) is 2. The summed E-state index contributed by atoms with van der Waals surface area (Å²) >= 11 is 0. The lowest BCUT2D eigenvalue weighted by atomic mass is 9.91. The van der Waals surface area contributed by atoms with Crippen molar-refractivity contribution in [2.75, 3.05) is 25.4 Å². The number of alkyl halides is 1. The van der Waals surface area contributed by atoms with Gasteiger partial charge in [0.2, 0.25) is 6.86 Å². The van der Waals surface area contributed by atoms with Crippen LogP contribution in [0.1, 0.15) is 30.0 Å². The largest absolute Gasteiger partial charge is 0.457 e. The molecule has 0 amide bonds. The van der Waals surface area contributed by atoms with Gasteiger partial charge in [-0.3, -0.25) is 4.79 Å². The maximum absolute atomic E-state index is 15.2. The molecule has 9 heteroatoms. The van der Waals surface area contributed by atoms with Crippen LogP contribution in [0.2, 0.25) is 0 Å². The van der Waals surface area contributed by atoms with Crippen LogP contribution < -0.4 is 15.5 Å². The Morgan fingerprint density at radius 3 is 2.68 bits per heavy atom. The minimum Gasteiger partial charge on any atom is -0.457 e. The Bertz CT molecular complexity index is 1240. The molecule has 0 saturated carbocycles. The van der Waals surface area contributed by atoms with Crippen molar-refractivity contribution in [3.05, 3.63) is 88.1 Å². The number of hydrogen-bond acceptors (Lipinski definition) is 6. The maximum atomic E-state index is 15.2. The highest BCUT2D eigenvalue weighted by atomic mass is 19.1. The molecule has 0 aliphatic carbocycles. The second kappa shape index (κ2) is 10.8. The van der Waals surface area contributed by atoms with Crippen molar-refractivity contribution in [1.29, 1.82) is 5.41 Å². The third kappa shape index (κ3) is 5.20. The number of halogens is 2. The van der Waals surface area contributed by atoms with E-state index in [1.807, 2.05) is 12.1 Å². The molecule has 1 fully saturated rings. The van der Waals surface area contributed by atoms with Crippen molar-refractivity contribution in [2.24, 2.45) is 0 Å². The Kier molecular flexibility index (Phi) is 7.44. The van der Waals surface area contributed by atoms with E-state index in [1.54, 1.807) is 30.3 Å². The summed E-state index contributed by atoms with van der Waals surface area (Å²) in [5, 5.41) is 14.8. The molecular weight excluding hydrogens is 442 g/mol. The van der Waals surface area contributed by atoms with E-state index in [0.717, 1.165) is 35.5 Å². The highest BCUT2D eigenvalue weighted by Gasteiger charge is 2.20. The molecular formula is C25H24F2N4O3. The molecule has 2 heterocycles. The van der Waals surface area contributed by atoms with E-state index in [9.17, 15) is 9.18 Å². The Hall–Kier alpha value is -3.85. The average Bonchev–Trinajstić information content (AvgIpc) is 2.86. The number of para-hydroxylation sites is 1. The zero-order chi connectivity index (χ0) is 23.9. The highest BCUT2D eigenvalue weighted by molar-refractivity contribution is 5.87. The summed E-state index contributed by atoms with van der Waals surface area (Å²) in [6.07, 6.45) is 5.11. The molecule has 3 aromatic rings. The van der Waals surface area contributed by atoms with Gasteiger partial charge in [-0.2, -0.15) is 5.10 Å². The summed E-state index contributed by atoms with van der Waals surface area (Å²) in [5.74, 6) is -0.658. The van der Waals surface area contributed by atoms with Crippen molar-refractivity contribution in [2.45, 2.75) is 18.8 Å². The molecule has 1 aliphatic heterocycles. The molecule has 34 heavy (non-hydrogen) atoms. The van der Waals surface area contributed by atoms with Crippen molar-refractivity contribution in [3.63, 3.8) is 0 Å². The predicted molar refractivity (Wildman–Crippen MR) is 126 cm³/mol. The van der Waals surface area contributed by atoms with E-state index in [-0.39, 0.29) is 28.7 Å². The van der Waals surface area contributed by atoms with Crippen LogP contribution in [0.5, 0.6) is 5.75 Å². The topological polar surface area (TPSA) is 89.2 Å². The van der Waals surface area contributed by atoms with Crippen LogP contribution in [-0.2, 0) is 4.74 Å². The first-order valence-corrected chi connectivity index (χ1v) is 10.8. The third-order valence-corrected chi connectivity index (χ3v) is 5.57. The van der Waals surface area contributed by atoms with E-state index in [1.165, 1.54) is 12.1 Å². The fourth-order valence-electron chi connectivity index (χ4n) is 3.86. The summed E-state index contributed by atoms with van der Waals surface area (Å²) in [4.78, 5) is 13.0. The molecule has 1 aromatic heterocycles. The van der Waals surface area contributed by atoms with Crippen LogP contribution in [-0.4, -0.2) is 36.1 Å². The number of aromatic nitrogens is 2. The molecule has 2 aromatic carbocycles. The van der Waals surface area contributed by atoms with Gasteiger partial charge in [0.1, 0.15) is 11.5 Å². The highest BCUT2D eigenvalue weighted by Crippen LogP contribution is 2.29. The first kappa shape index (κ1) is 23.3. The number of benzene rings is 2. The molecule has 0 atom stereocenters. The molecule has 1 aliphatic rings. The second-order valence-corrected chi connectivity index (χ2v) is 7.70. The molecule has 176 valence electrons. The van der Waals surface area contributed by atoms with E-state index in [0.29, 0.717) is 18.9 Å². The summed E-state index contributed by atoms with van der Waals surface area (Å²) in [7, 11) is 0. The van der Waals surface area contributed by atoms with Crippen LogP contribution in [0.25, 0.3) is 11.4 Å². The van der Waals surface area contributed by atoms with Crippen LogP contribution in [0.3, 0.4) is 0 Å². The monoisotopic (exact) mass is 466 g/mol. The van der Waals surface area contributed by atoms with Crippen LogP contribution in [0.15, 0.2) is 65.6 Å². The Balaban J connectivity index is 1.77. The Morgan fingerprint density at radius 2 is 2.00 bits per heavy atom. The number of anilines is 1. The van der Waals surface area contributed by atoms with Gasteiger partial charge in [-0.15, -0.1) is 0 Å². The first-order chi connectivity index (χ1) is 16.6. The van der Waals surface area contributed by atoms with Gasteiger partial charge in [-0.05, 0) is 54.7 Å². The first-order valence-electron chi connectivity index (χ1n) is 10.8. The fraction of sp³-hybridized carbons (Fsp3) is 0.240. The normalized spacial score (nSPS) is 14.6. The van der Waals surface area contributed by atoms with E-state index >= 15 is 4.39 Å². The van der Waals surface area contributed by atoms with Crippen molar-refractivity contribution in [3.8, 4) is 11.4 Å². The smallest absolute Gasteiger partial charge is 0.251 e. The molecule has 0 spiro atoms. The minimum absolute atomic E-state index is 0.0784. The van der Waals surface area contributed by atoms with E-state index in [2.05, 4.69) is 10.4 Å². The van der Waals surface area contributed by atoms with E-state index < -0.39 is 18.1 Å². The summed E-state index contributed by atoms with van der Waals surface area (Å²) in [5.41, 5.74) is 0.933. The lowest BCUT2D eigenvalue weighted by Crippen LogP contribution is -2.22. The molecule has 7 nitrogen and oxygen atoms in total. The summed E-state index contributed by atoms with van der Waals surface area (Å²) in [6, 6.07) is 13.8. The fourth-order valence-corrected chi connectivity index (χ4v) is 3.86. The van der Waals surface area contributed by atoms with Gasteiger partial charge in [0, 0.05) is 25.1 Å². The SMILES string of the molecule is N=C/C=C(\Nc1ccccc1)c1nn(-c2ccc(C3CCOCC3)cc2F)cc(OCF)c1=O. The number of rotatable bonds is 8. The lowest BCUT2D eigenvalue weighted by molar-refractivity contribution is 0.0853. The number of hydrogen-bond donors (Lipinski definition) is 2. The molecule has 0 unspecified atom stereocenters. The number of nitrogens with zero attached hydrogens (tertiary/aromatic N) is 2. The average molecular weight is 466 g/mol. The van der Waals surface area contributed by atoms with E-state index in [4.69, 9.17) is 14.9 Å². The van der Waals surface area contributed by atoms with Gasteiger partial charge in [-0.25, -0.2) is 13.5 Å². The number of ether oxygens (including phenoxy) is 2. The Labute approximate surface area is 195 Å². The molecule has 4 rings (SSSR count). The maximum Gasteiger partial charge on any atom is 0.251 e. The zero-order valence-corrected chi connectivity index (χ0v) is 18.3. The molecule has 1 saturated heterocycles. The third-order valence-electron chi connectivity index (χ3n) is 5.57. The Morgan fingerprint density at radius 1 is 1.24 bits per heavy atom. The van der Waals surface area contributed by atoms with Crippen LogP contribution >= 0.6 is 0 Å². The van der Waals surface area contributed by atoms with Gasteiger partial charge in [0.05, 0.1) is 11.9 Å². The minimum atomic E-state index is -1.24. The quantitative estimate of drug-likeness (QED) is 0.471. The van der Waals surface area contributed by atoms with Crippen molar-refractivity contribution < 1.29 is 18.3 Å². The van der Waals surface area contributed by atoms with Gasteiger partial charge >= 0.3 is 0 Å². The van der Waals surface area contributed by atoms with Gasteiger partial charge in [-0.1, -0.05) is 24.3 Å².